The maximum Gasteiger partial charge on any atom is 0.410 e. The summed E-state index contributed by atoms with van der Waals surface area (Å²) in [5, 5.41) is 0. The summed E-state index contributed by atoms with van der Waals surface area (Å²) < 4.78 is 10.4. The zero-order chi connectivity index (χ0) is 19.8. The van der Waals surface area contributed by atoms with E-state index in [-0.39, 0.29) is 17.9 Å². The van der Waals surface area contributed by atoms with Crippen LogP contribution in [0.5, 0.6) is 0 Å². The average molecular weight is 372 g/mol. The van der Waals surface area contributed by atoms with Crippen molar-refractivity contribution in [1.82, 2.24) is 4.90 Å². The Balaban J connectivity index is 3.55. The Labute approximate surface area is 160 Å². The molecule has 1 amide bonds. The zero-order valence-corrected chi connectivity index (χ0v) is 17.8. The Morgan fingerprint density at radius 1 is 0.808 bits per heavy atom. The molecule has 5 nitrogen and oxygen atoms in total. The molecule has 0 saturated carbocycles. The van der Waals surface area contributed by atoms with Crippen molar-refractivity contribution in [2.24, 2.45) is 5.41 Å². The van der Waals surface area contributed by atoms with E-state index in [1.807, 2.05) is 20.8 Å². The van der Waals surface area contributed by atoms with Crippen LogP contribution in [0.1, 0.15) is 91.9 Å². The monoisotopic (exact) mass is 371 g/mol. The molecule has 5 heteroatoms. The SMILES string of the molecule is CCCCCCCCCCCCOC(=O)CN(C)C(=O)OCC(C)(C)C. The first-order chi connectivity index (χ1) is 12.3. The van der Waals surface area contributed by atoms with Crippen LogP contribution in [0.2, 0.25) is 0 Å². The Morgan fingerprint density at radius 3 is 1.81 bits per heavy atom. The normalized spacial score (nSPS) is 11.3. The van der Waals surface area contributed by atoms with Gasteiger partial charge in [0.2, 0.25) is 0 Å². The highest BCUT2D eigenvalue weighted by Gasteiger charge is 2.18. The minimum absolute atomic E-state index is 0.0687. The molecule has 0 aromatic carbocycles. The van der Waals surface area contributed by atoms with Crippen LogP contribution in [-0.2, 0) is 14.3 Å². The molecule has 0 atom stereocenters. The molecule has 0 aromatic heterocycles. The summed E-state index contributed by atoms with van der Waals surface area (Å²) >= 11 is 0. The van der Waals surface area contributed by atoms with Gasteiger partial charge < -0.3 is 14.4 Å². The molecule has 0 aliphatic carbocycles. The van der Waals surface area contributed by atoms with E-state index >= 15 is 0 Å². The van der Waals surface area contributed by atoms with Crippen LogP contribution in [0.25, 0.3) is 0 Å². The summed E-state index contributed by atoms with van der Waals surface area (Å²) in [6.07, 6.45) is 12.0. The highest BCUT2D eigenvalue weighted by molar-refractivity contribution is 5.77. The Kier molecular flexibility index (Phi) is 14.1. The van der Waals surface area contributed by atoms with Gasteiger partial charge in [-0.1, -0.05) is 85.5 Å². The average Bonchev–Trinajstić information content (AvgIpc) is 2.56. The molecule has 0 spiro atoms. The fraction of sp³-hybridized carbons (Fsp3) is 0.905. The van der Waals surface area contributed by atoms with Gasteiger partial charge >= 0.3 is 12.1 Å². The van der Waals surface area contributed by atoms with Gasteiger partial charge in [-0.15, -0.1) is 0 Å². The van der Waals surface area contributed by atoms with Crippen LogP contribution < -0.4 is 0 Å². The van der Waals surface area contributed by atoms with E-state index in [1.54, 1.807) is 7.05 Å². The summed E-state index contributed by atoms with van der Waals surface area (Å²) in [6.45, 7) is 8.89. The highest BCUT2D eigenvalue weighted by Crippen LogP contribution is 2.13. The number of nitrogens with zero attached hydrogens (tertiary/aromatic N) is 1. The summed E-state index contributed by atoms with van der Waals surface area (Å²) in [4.78, 5) is 24.8. The van der Waals surface area contributed by atoms with Crippen molar-refractivity contribution in [3.05, 3.63) is 0 Å². The molecule has 26 heavy (non-hydrogen) atoms. The van der Waals surface area contributed by atoms with Gasteiger partial charge in [0.25, 0.3) is 0 Å². The van der Waals surface area contributed by atoms with Crippen molar-refractivity contribution in [2.45, 2.75) is 91.9 Å². The van der Waals surface area contributed by atoms with Crippen LogP contribution in [0.15, 0.2) is 0 Å². The molecule has 0 aliphatic heterocycles. The number of likely N-dealkylation sites (N-methyl/N-ethyl adjacent to an activating group) is 1. The standard InChI is InChI=1S/C21H41NO4/c1-6-7-8-9-10-11-12-13-14-15-16-25-19(23)17-22(5)20(24)26-18-21(2,3)4/h6-18H2,1-5H3. The lowest BCUT2D eigenvalue weighted by Gasteiger charge is -2.21. The van der Waals surface area contributed by atoms with E-state index < -0.39 is 6.09 Å². The quantitative estimate of drug-likeness (QED) is 0.296. The maximum absolute atomic E-state index is 11.8. The number of rotatable bonds is 14. The van der Waals surface area contributed by atoms with E-state index in [9.17, 15) is 9.59 Å². The Morgan fingerprint density at radius 2 is 1.31 bits per heavy atom. The molecule has 0 unspecified atom stereocenters. The second-order valence-corrected chi connectivity index (χ2v) is 8.37. The largest absolute Gasteiger partial charge is 0.464 e. The van der Waals surface area contributed by atoms with Crippen molar-refractivity contribution in [3.63, 3.8) is 0 Å². The first-order valence-electron chi connectivity index (χ1n) is 10.3. The van der Waals surface area contributed by atoms with Gasteiger partial charge in [-0.05, 0) is 11.8 Å². The van der Waals surface area contributed by atoms with Gasteiger partial charge in [0, 0.05) is 7.05 Å². The minimum Gasteiger partial charge on any atom is -0.464 e. The molecule has 154 valence electrons. The third kappa shape index (κ3) is 16.2. The lowest BCUT2D eigenvalue weighted by Crippen LogP contribution is -2.35. The first-order valence-corrected chi connectivity index (χ1v) is 10.3. The predicted octanol–water partition coefficient (Wildman–Crippen LogP) is 5.57. The van der Waals surface area contributed by atoms with Gasteiger partial charge in [0.15, 0.2) is 0 Å². The summed E-state index contributed by atoms with van der Waals surface area (Å²) in [5.74, 6) is -0.379. The van der Waals surface area contributed by atoms with E-state index in [2.05, 4.69) is 6.92 Å². The van der Waals surface area contributed by atoms with Gasteiger partial charge in [-0.25, -0.2) is 4.79 Å². The van der Waals surface area contributed by atoms with Gasteiger partial charge in [0.05, 0.1) is 13.2 Å². The van der Waals surface area contributed by atoms with E-state index in [0.29, 0.717) is 13.2 Å². The summed E-state index contributed by atoms with van der Waals surface area (Å²) in [5.41, 5.74) is -0.0908. The van der Waals surface area contributed by atoms with Gasteiger partial charge in [-0.2, -0.15) is 0 Å². The number of hydrogen-bond donors (Lipinski definition) is 0. The van der Waals surface area contributed by atoms with Crippen LogP contribution in [0.4, 0.5) is 4.79 Å². The number of unbranched alkanes of at least 4 members (excludes halogenated alkanes) is 9. The molecule has 0 fully saturated rings. The number of ether oxygens (including phenoxy) is 2. The molecule has 0 N–H and O–H groups in total. The van der Waals surface area contributed by atoms with Crippen LogP contribution in [0, 0.1) is 5.41 Å². The van der Waals surface area contributed by atoms with Crippen LogP contribution in [-0.4, -0.2) is 43.8 Å². The number of carbonyl (C=O) groups excluding carboxylic acids is 2. The number of hydrogen-bond acceptors (Lipinski definition) is 4. The maximum atomic E-state index is 11.8. The fourth-order valence-corrected chi connectivity index (χ4v) is 2.47. The molecule has 0 radical (unpaired) electrons. The zero-order valence-electron chi connectivity index (χ0n) is 17.8. The summed E-state index contributed by atoms with van der Waals surface area (Å²) in [6, 6.07) is 0. The van der Waals surface area contributed by atoms with Crippen LogP contribution in [0.3, 0.4) is 0 Å². The van der Waals surface area contributed by atoms with Crippen molar-refractivity contribution in [3.8, 4) is 0 Å². The highest BCUT2D eigenvalue weighted by atomic mass is 16.6. The number of amides is 1. The molecule has 0 rings (SSSR count). The smallest absolute Gasteiger partial charge is 0.410 e. The first kappa shape index (κ1) is 24.7. The predicted molar refractivity (Wildman–Crippen MR) is 106 cm³/mol. The van der Waals surface area contributed by atoms with E-state index in [0.717, 1.165) is 12.8 Å². The van der Waals surface area contributed by atoms with Gasteiger partial charge in [-0.3, -0.25) is 4.79 Å². The molecule has 0 aliphatic rings. The Hall–Kier alpha value is -1.26. The van der Waals surface area contributed by atoms with Crippen molar-refractivity contribution >= 4 is 12.1 Å². The third-order valence-electron chi connectivity index (χ3n) is 4.07. The van der Waals surface area contributed by atoms with E-state index in [4.69, 9.17) is 9.47 Å². The summed E-state index contributed by atoms with van der Waals surface area (Å²) in [7, 11) is 1.55. The van der Waals surface area contributed by atoms with Crippen molar-refractivity contribution in [1.29, 1.82) is 0 Å². The molecular formula is C21H41NO4. The lowest BCUT2D eigenvalue weighted by atomic mass is 9.99. The lowest BCUT2D eigenvalue weighted by molar-refractivity contribution is -0.144. The topological polar surface area (TPSA) is 55.8 Å². The van der Waals surface area contributed by atoms with Crippen LogP contribution >= 0.6 is 0 Å². The molecule has 0 aromatic rings. The van der Waals surface area contributed by atoms with Crippen molar-refractivity contribution < 1.29 is 19.1 Å². The fourth-order valence-electron chi connectivity index (χ4n) is 2.47. The number of esters is 1. The second kappa shape index (κ2) is 14.9. The third-order valence-corrected chi connectivity index (χ3v) is 4.07. The molecular weight excluding hydrogens is 330 g/mol. The minimum atomic E-state index is -0.490. The van der Waals surface area contributed by atoms with Gasteiger partial charge in [0.1, 0.15) is 6.54 Å². The van der Waals surface area contributed by atoms with Crippen molar-refractivity contribution in [2.75, 3.05) is 26.8 Å². The number of carbonyl (C=O) groups is 2. The Bertz CT molecular complexity index is 377. The molecule has 0 saturated heterocycles. The molecule has 0 heterocycles. The second-order valence-electron chi connectivity index (χ2n) is 8.37. The molecule has 0 bridgehead atoms. The van der Waals surface area contributed by atoms with E-state index in [1.165, 1.54) is 56.3 Å².